The predicted octanol–water partition coefficient (Wildman–Crippen LogP) is 2.57. The van der Waals surface area contributed by atoms with Gasteiger partial charge in [0, 0.05) is 6.20 Å². The fourth-order valence-corrected chi connectivity index (χ4v) is 2.78. The van der Waals surface area contributed by atoms with Gasteiger partial charge in [0.05, 0.1) is 17.9 Å². The number of nitrogens with one attached hydrogen (secondary N) is 2. The first kappa shape index (κ1) is 19.3. The van der Waals surface area contributed by atoms with Gasteiger partial charge in [0.15, 0.2) is 0 Å². The van der Waals surface area contributed by atoms with Crippen LogP contribution in [0.25, 0.3) is 0 Å². The monoisotopic (exact) mass is 382 g/mol. The van der Waals surface area contributed by atoms with Crippen molar-refractivity contribution in [1.82, 2.24) is 10.3 Å². The molecule has 0 saturated heterocycles. The molecule has 1 unspecified atom stereocenters. The second kappa shape index (κ2) is 7.67. The summed E-state index contributed by atoms with van der Waals surface area (Å²) in [6.07, 6.45) is 0.792. The summed E-state index contributed by atoms with van der Waals surface area (Å²) in [4.78, 5) is 43.4. The quantitative estimate of drug-likeness (QED) is 0.831. The number of benzene rings is 1. The lowest BCUT2D eigenvalue weighted by Crippen LogP contribution is -2.51. The summed E-state index contributed by atoms with van der Waals surface area (Å²) in [5.41, 5.74) is 0.533. The number of fused-ring (bicyclic) bond motifs is 1. The molecule has 1 aromatic carbocycles. The van der Waals surface area contributed by atoms with Gasteiger partial charge in [-0.2, -0.15) is 0 Å². The number of ether oxygens (including phenoxy) is 1. The number of nitrogens with zero attached hydrogens (tertiary/aromatic N) is 2. The van der Waals surface area contributed by atoms with Crippen LogP contribution >= 0.6 is 0 Å². The number of aromatic nitrogens is 1. The lowest BCUT2D eigenvalue weighted by atomic mass is 10.2. The molecule has 0 fully saturated rings. The lowest BCUT2D eigenvalue weighted by molar-refractivity contribution is -0.117. The highest BCUT2D eigenvalue weighted by atomic mass is 16.6. The number of amides is 3. The van der Waals surface area contributed by atoms with E-state index in [0.29, 0.717) is 11.4 Å². The molecule has 146 valence electrons. The van der Waals surface area contributed by atoms with Crippen LogP contribution in [0.1, 0.15) is 31.3 Å². The molecule has 8 heteroatoms. The van der Waals surface area contributed by atoms with E-state index in [-0.39, 0.29) is 18.1 Å². The molecule has 0 saturated carbocycles. The zero-order valence-corrected chi connectivity index (χ0v) is 15.9. The van der Waals surface area contributed by atoms with Crippen molar-refractivity contribution in [3.8, 4) is 0 Å². The summed E-state index contributed by atoms with van der Waals surface area (Å²) in [7, 11) is 0. The fourth-order valence-electron chi connectivity index (χ4n) is 2.78. The van der Waals surface area contributed by atoms with Crippen LogP contribution in [0.5, 0.6) is 0 Å². The van der Waals surface area contributed by atoms with Crippen LogP contribution in [-0.4, -0.2) is 41.1 Å². The van der Waals surface area contributed by atoms with Gasteiger partial charge in [-0.3, -0.25) is 14.6 Å². The molecule has 2 aromatic rings. The van der Waals surface area contributed by atoms with E-state index in [1.165, 1.54) is 11.1 Å². The Balaban J connectivity index is 1.91. The van der Waals surface area contributed by atoms with Crippen LogP contribution in [0.3, 0.4) is 0 Å². The van der Waals surface area contributed by atoms with E-state index in [4.69, 9.17) is 4.74 Å². The average molecular weight is 382 g/mol. The van der Waals surface area contributed by atoms with Crippen LogP contribution in [0, 0.1) is 0 Å². The van der Waals surface area contributed by atoms with Crippen LogP contribution in [0.2, 0.25) is 0 Å². The molecule has 8 nitrogen and oxygen atoms in total. The lowest BCUT2D eigenvalue weighted by Gasteiger charge is -2.26. The van der Waals surface area contributed by atoms with E-state index >= 15 is 0 Å². The van der Waals surface area contributed by atoms with Crippen LogP contribution in [0.15, 0.2) is 48.7 Å². The highest BCUT2D eigenvalue weighted by Crippen LogP contribution is 2.29. The Labute approximate surface area is 162 Å². The van der Waals surface area contributed by atoms with Gasteiger partial charge in [-0.25, -0.2) is 4.79 Å². The molecule has 3 amide bonds. The van der Waals surface area contributed by atoms with Gasteiger partial charge in [0.25, 0.3) is 5.91 Å². The van der Waals surface area contributed by atoms with Crippen LogP contribution in [0.4, 0.5) is 16.2 Å². The zero-order chi connectivity index (χ0) is 20.3. The van der Waals surface area contributed by atoms with E-state index < -0.39 is 23.6 Å². The number of carbonyl (C=O) groups excluding carboxylic acids is 3. The number of anilines is 2. The summed E-state index contributed by atoms with van der Waals surface area (Å²) >= 11 is 0. The van der Waals surface area contributed by atoms with Crippen LogP contribution < -0.4 is 15.5 Å². The molecule has 1 aliphatic rings. The first-order valence-corrected chi connectivity index (χ1v) is 8.87. The summed E-state index contributed by atoms with van der Waals surface area (Å²) < 4.78 is 5.24. The molecule has 2 heterocycles. The molecule has 2 N–H and O–H groups in total. The van der Waals surface area contributed by atoms with Crippen molar-refractivity contribution in [3.05, 3.63) is 54.4 Å². The van der Waals surface area contributed by atoms with Crippen molar-refractivity contribution < 1.29 is 19.1 Å². The van der Waals surface area contributed by atoms with Gasteiger partial charge in [-0.15, -0.1) is 0 Å². The molecular formula is C20H22N4O4. The number of pyridine rings is 1. The summed E-state index contributed by atoms with van der Waals surface area (Å²) in [6, 6.07) is 11.0. The van der Waals surface area contributed by atoms with Crippen molar-refractivity contribution in [2.24, 2.45) is 0 Å². The number of hydrogen-bond acceptors (Lipinski definition) is 5. The molecule has 3 rings (SSSR count). The Hall–Kier alpha value is -3.42. The van der Waals surface area contributed by atoms with Crippen molar-refractivity contribution in [3.63, 3.8) is 0 Å². The van der Waals surface area contributed by atoms with E-state index in [0.717, 1.165) is 0 Å². The maximum Gasteiger partial charge on any atom is 0.408 e. The third-order valence-electron chi connectivity index (χ3n) is 3.95. The molecule has 1 aliphatic heterocycles. The van der Waals surface area contributed by atoms with E-state index in [9.17, 15) is 14.4 Å². The average Bonchev–Trinajstić information content (AvgIpc) is 2.77. The topological polar surface area (TPSA) is 101 Å². The maximum absolute atomic E-state index is 13.1. The Morgan fingerprint density at radius 2 is 1.89 bits per heavy atom. The van der Waals surface area contributed by atoms with Gasteiger partial charge < -0.3 is 20.3 Å². The smallest absolute Gasteiger partial charge is 0.408 e. The SMILES string of the molecule is CC(C)(C)OC(=O)NC1CN(C(=O)c2ccccn2)c2ccccc2NC1=O. The van der Waals surface area contributed by atoms with Gasteiger partial charge in [-0.05, 0) is 45.0 Å². The normalized spacial score (nSPS) is 16.5. The van der Waals surface area contributed by atoms with Crippen molar-refractivity contribution in [1.29, 1.82) is 0 Å². The molecule has 1 atom stereocenters. The standard InChI is InChI=1S/C20H22N4O4/c1-20(2,3)28-19(27)23-15-12-24(18(26)14-9-6-7-11-21-14)16-10-5-4-8-13(16)22-17(15)25/h4-11,15H,12H2,1-3H3,(H,22,25)(H,23,27). The first-order chi connectivity index (χ1) is 13.2. The molecule has 0 bridgehead atoms. The minimum Gasteiger partial charge on any atom is -0.444 e. The number of para-hydroxylation sites is 2. The molecule has 0 aliphatic carbocycles. The number of carbonyl (C=O) groups is 3. The van der Waals surface area contributed by atoms with Crippen LogP contribution in [-0.2, 0) is 9.53 Å². The molecule has 0 radical (unpaired) electrons. The summed E-state index contributed by atoms with van der Waals surface area (Å²) in [5, 5.41) is 5.30. The summed E-state index contributed by atoms with van der Waals surface area (Å²) in [6.45, 7) is 5.13. The maximum atomic E-state index is 13.1. The number of alkyl carbamates (subject to hydrolysis) is 1. The minimum atomic E-state index is -0.991. The van der Waals surface area contributed by atoms with Gasteiger partial charge in [0.2, 0.25) is 5.91 Å². The molecule has 0 spiro atoms. The van der Waals surface area contributed by atoms with Gasteiger partial charge in [0.1, 0.15) is 17.3 Å². The van der Waals surface area contributed by atoms with Crippen molar-refractivity contribution in [2.45, 2.75) is 32.4 Å². The summed E-state index contributed by atoms with van der Waals surface area (Å²) in [5.74, 6) is -0.810. The largest absolute Gasteiger partial charge is 0.444 e. The van der Waals surface area contributed by atoms with Gasteiger partial charge in [-0.1, -0.05) is 18.2 Å². The minimum absolute atomic E-state index is 0.0580. The Bertz CT molecular complexity index is 893. The Morgan fingerprint density at radius 1 is 1.18 bits per heavy atom. The molecule has 1 aromatic heterocycles. The van der Waals surface area contributed by atoms with E-state index in [1.807, 2.05) is 0 Å². The van der Waals surface area contributed by atoms with E-state index in [2.05, 4.69) is 15.6 Å². The van der Waals surface area contributed by atoms with E-state index in [1.54, 1.807) is 63.2 Å². The fraction of sp³-hybridized carbons (Fsp3) is 0.300. The first-order valence-electron chi connectivity index (χ1n) is 8.87. The predicted molar refractivity (Wildman–Crippen MR) is 104 cm³/mol. The van der Waals surface area contributed by atoms with Crippen molar-refractivity contribution in [2.75, 3.05) is 16.8 Å². The third kappa shape index (κ3) is 4.46. The van der Waals surface area contributed by atoms with Crippen molar-refractivity contribution >= 4 is 29.3 Å². The second-order valence-corrected chi connectivity index (χ2v) is 7.34. The highest BCUT2D eigenvalue weighted by molar-refractivity contribution is 6.11. The Kier molecular flexibility index (Phi) is 5.30. The number of hydrogen-bond donors (Lipinski definition) is 2. The highest BCUT2D eigenvalue weighted by Gasteiger charge is 2.33. The third-order valence-corrected chi connectivity index (χ3v) is 3.95. The number of rotatable bonds is 2. The Morgan fingerprint density at radius 3 is 2.57 bits per heavy atom. The second-order valence-electron chi connectivity index (χ2n) is 7.34. The molecular weight excluding hydrogens is 360 g/mol. The van der Waals surface area contributed by atoms with Gasteiger partial charge >= 0.3 is 6.09 Å². The zero-order valence-electron chi connectivity index (χ0n) is 15.9. The molecule has 28 heavy (non-hydrogen) atoms.